The largest absolute Gasteiger partial charge is 0.377 e. The molecule has 1 rings (SSSR count). The number of benzene rings is 1. The maximum absolute atomic E-state index is 10.6. The Balaban J connectivity index is 2.41. The van der Waals surface area contributed by atoms with Crippen LogP contribution < -0.4 is 0 Å². The van der Waals surface area contributed by atoms with Crippen LogP contribution in [0.4, 0.5) is 0 Å². The summed E-state index contributed by atoms with van der Waals surface area (Å²) in [6.07, 6.45) is 2.65. The highest BCUT2D eigenvalue weighted by Gasteiger charge is 1.92. The van der Waals surface area contributed by atoms with Gasteiger partial charge in [-0.25, -0.2) is 0 Å². The molecule has 1 unspecified atom stereocenters. The first kappa shape index (κ1) is 13.6. The Labute approximate surface area is 106 Å². The second-order valence-electron chi connectivity index (χ2n) is 3.32. The molecule has 0 amide bonds. The zero-order valence-corrected chi connectivity index (χ0v) is 10.4. The summed E-state index contributed by atoms with van der Waals surface area (Å²) >= 11 is 1.14. The van der Waals surface area contributed by atoms with E-state index in [4.69, 9.17) is 0 Å². The van der Waals surface area contributed by atoms with Gasteiger partial charge in [0, 0.05) is 6.92 Å². The standard InChI is InChI=1S/C14H14O2S/c1-12(15)17-11-5-8-14(16)10-9-13-6-3-2-4-7-13/h2-4,6-7,9-10,14,16H,11H2,1H3/b10-9+. The molecule has 0 saturated heterocycles. The predicted octanol–water partition coefficient (Wildman–Crippen LogP) is 2.34. The van der Waals surface area contributed by atoms with Gasteiger partial charge in [-0.15, -0.1) is 0 Å². The molecule has 1 atom stereocenters. The fourth-order valence-electron chi connectivity index (χ4n) is 1.10. The van der Waals surface area contributed by atoms with Crippen molar-refractivity contribution in [3.63, 3.8) is 0 Å². The van der Waals surface area contributed by atoms with Crippen molar-refractivity contribution in [2.75, 3.05) is 5.75 Å². The van der Waals surface area contributed by atoms with Gasteiger partial charge in [-0.05, 0) is 11.6 Å². The average molecular weight is 246 g/mol. The molecule has 0 aliphatic rings. The Hall–Kier alpha value is -1.50. The highest BCUT2D eigenvalue weighted by molar-refractivity contribution is 8.13. The third-order valence-corrected chi connectivity index (χ3v) is 2.56. The fourth-order valence-corrected chi connectivity index (χ4v) is 1.46. The highest BCUT2D eigenvalue weighted by Crippen LogP contribution is 2.02. The molecule has 0 fully saturated rings. The van der Waals surface area contributed by atoms with Gasteiger partial charge in [-0.3, -0.25) is 4.79 Å². The summed E-state index contributed by atoms with van der Waals surface area (Å²) in [6.45, 7) is 1.50. The number of thioether (sulfide) groups is 1. The van der Waals surface area contributed by atoms with E-state index in [-0.39, 0.29) is 5.12 Å². The van der Waals surface area contributed by atoms with Crippen LogP contribution >= 0.6 is 11.8 Å². The molecule has 88 valence electrons. The van der Waals surface area contributed by atoms with Crippen molar-refractivity contribution in [2.24, 2.45) is 0 Å². The van der Waals surface area contributed by atoms with E-state index in [0.717, 1.165) is 17.3 Å². The summed E-state index contributed by atoms with van der Waals surface area (Å²) in [4.78, 5) is 10.6. The predicted molar refractivity (Wildman–Crippen MR) is 72.4 cm³/mol. The molecule has 17 heavy (non-hydrogen) atoms. The van der Waals surface area contributed by atoms with E-state index in [1.54, 1.807) is 6.08 Å². The van der Waals surface area contributed by atoms with Crippen molar-refractivity contribution in [1.29, 1.82) is 0 Å². The minimum Gasteiger partial charge on any atom is -0.377 e. The first-order valence-corrected chi connectivity index (χ1v) is 6.20. The van der Waals surface area contributed by atoms with Crippen LogP contribution in [0.5, 0.6) is 0 Å². The molecule has 0 aliphatic heterocycles. The number of carbonyl (C=O) groups is 1. The van der Waals surface area contributed by atoms with Gasteiger partial charge in [0.25, 0.3) is 0 Å². The first-order valence-electron chi connectivity index (χ1n) is 5.21. The summed E-state index contributed by atoms with van der Waals surface area (Å²) < 4.78 is 0. The molecule has 1 aromatic carbocycles. The summed E-state index contributed by atoms with van der Waals surface area (Å²) in [5, 5.41) is 9.56. The smallest absolute Gasteiger partial charge is 0.186 e. The van der Waals surface area contributed by atoms with Gasteiger partial charge in [0.1, 0.15) is 6.10 Å². The van der Waals surface area contributed by atoms with Crippen molar-refractivity contribution in [1.82, 2.24) is 0 Å². The van der Waals surface area contributed by atoms with Crippen molar-refractivity contribution in [3.05, 3.63) is 42.0 Å². The Morgan fingerprint density at radius 1 is 1.47 bits per heavy atom. The molecule has 0 spiro atoms. The van der Waals surface area contributed by atoms with Gasteiger partial charge in [0.15, 0.2) is 5.12 Å². The number of hydrogen-bond acceptors (Lipinski definition) is 3. The minimum atomic E-state index is -0.789. The molecule has 0 heterocycles. The summed E-state index contributed by atoms with van der Waals surface area (Å²) in [5.41, 5.74) is 1.02. The van der Waals surface area contributed by atoms with Gasteiger partial charge in [0.2, 0.25) is 0 Å². The minimum absolute atomic E-state index is 0.0358. The molecule has 1 aromatic rings. The number of aliphatic hydroxyl groups excluding tert-OH is 1. The molecule has 2 nitrogen and oxygen atoms in total. The van der Waals surface area contributed by atoms with E-state index >= 15 is 0 Å². The Kier molecular flexibility index (Phi) is 6.16. The maximum Gasteiger partial charge on any atom is 0.186 e. The summed E-state index contributed by atoms with van der Waals surface area (Å²) in [5.74, 6) is 5.82. The van der Waals surface area contributed by atoms with Crippen molar-refractivity contribution in [2.45, 2.75) is 13.0 Å². The summed E-state index contributed by atoms with van der Waals surface area (Å²) in [7, 11) is 0. The molecule has 3 heteroatoms. The van der Waals surface area contributed by atoms with E-state index in [1.807, 2.05) is 36.4 Å². The third-order valence-electron chi connectivity index (χ3n) is 1.87. The lowest BCUT2D eigenvalue weighted by molar-refractivity contribution is -0.109. The van der Waals surface area contributed by atoms with Crippen LogP contribution in [0, 0.1) is 11.8 Å². The van der Waals surface area contributed by atoms with Crippen LogP contribution in [0.2, 0.25) is 0 Å². The third kappa shape index (κ3) is 6.62. The lowest BCUT2D eigenvalue weighted by atomic mass is 10.2. The Bertz CT molecular complexity index is 440. The molecular weight excluding hydrogens is 232 g/mol. The van der Waals surface area contributed by atoms with Gasteiger partial charge in [0.05, 0.1) is 5.75 Å². The number of rotatable bonds is 3. The zero-order chi connectivity index (χ0) is 12.5. The second kappa shape index (κ2) is 7.72. The molecule has 0 aliphatic carbocycles. The summed E-state index contributed by atoms with van der Waals surface area (Å²) in [6, 6.07) is 9.69. The van der Waals surface area contributed by atoms with Crippen LogP contribution in [-0.4, -0.2) is 22.1 Å². The Morgan fingerprint density at radius 3 is 2.82 bits per heavy atom. The zero-order valence-electron chi connectivity index (χ0n) is 9.59. The average Bonchev–Trinajstić information content (AvgIpc) is 2.33. The second-order valence-corrected chi connectivity index (χ2v) is 4.47. The molecular formula is C14H14O2S. The molecule has 1 N–H and O–H groups in total. The normalized spacial score (nSPS) is 11.9. The van der Waals surface area contributed by atoms with Crippen molar-refractivity contribution in [3.8, 4) is 11.8 Å². The van der Waals surface area contributed by atoms with Gasteiger partial charge in [-0.2, -0.15) is 0 Å². The van der Waals surface area contributed by atoms with Gasteiger partial charge < -0.3 is 5.11 Å². The fraction of sp³-hybridized carbons (Fsp3) is 0.214. The van der Waals surface area contributed by atoms with Crippen LogP contribution in [0.3, 0.4) is 0 Å². The van der Waals surface area contributed by atoms with Crippen LogP contribution in [0.25, 0.3) is 6.08 Å². The molecule has 0 saturated carbocycles. The number of aliphatic hydroxyl groups is 1. The van der Waals surface area contributed by atoms with Gasteiger partial charge in [-0.1, -0.05) is 60.0 Å². The SMILES string of the molecule is CC(=O)SCC#CC(O)/C=C/c1ccccc1. The topological polar surface area (TPSA) is 37.3 Å². The monoisotopic (exact) mass is 246 g/mol. The van der Waals surface area contributed by atoms with Crippen molar-refractivity contribution >= 4 is 23.0 Å². The van der Waals surface area contributed by atoms with Crippen LogP contribution in [0.1, 0.15) is 12.5 Å². The van der Waals surface area contributed by atoms with Crippen LogP contribution in [0.15, 0.2) is 36.4 Å². The lowest BCUT2D eigenvalue weighted by Gasteiger charge is -1.94. The van der Waals surface area contributed by atoms with Crippen molar-refractivity contribution < 1.29 is 9.90 Å². The first-order chi connectivity index (χ1) is 8.18. The van der Waals surface area contributed by atoms with E-state index in [0.29, 0.717) is 5.75 Å². The lowest BCUT2D eigenvalue weighted by Crippen LogP contribution is -1.97. The van der Waals surface area contributed by atoms with E-state index in [1.165, 1.54) is 6.92 Å². The molecule has 0 bridgehead atoms. The van der Waals surface area contributed by atoms with E-state index in [9.17, 15) is 9.90 Å². The highest BCUT2D eigenvalue weighted by atomic mass is 32.2. The van der Waals surface area contributed by atoms with Gasteiger partial charge >= 0.3 is 0 Å². The molecule has 0 aromatic heterocycles. The Morgan fingerprint density at radius 2 is 2.18 bits per heavy atom. The number of hydrogen-bond donors (Lipinski definition) is 1. The maximum atomic E-state index is 10.6. The number of carbonyl (C=O) groups excluding carboxylic acids is 1. The molecule has 0 radical (unpaired) electrons. The van der Waals surface area contributed by atoms with E-state index in [2.05, 4.69) is 11.8 Å². The van der Waals surface area contributed by atoms with Crippen LogP contribution in [-0.2, 0) is 4.79 Å². The van der Waals surface area contributed by atoms with E-state index < -0.39 is 6.10 Å². The quantitative estimate of drug-likeness (QED) is 0.832.